The Morgan fingerprint density at radius 2 is 1.88 bits per heavy atom. The van der Waals surface area contributed by atoms with Crippen LogP contribution < -0.4 is 5.56 Å². The van der Waals surface area contributed by atoms with Gasteiger partial charge in [0, 0.05) is 11.3 Å². The van der Waals surface area contributed by atoms with Crippen LogP contribution in [0.15, 0.2) is 41.2 Å². The van der Waals surface area contributed by atoms with Crippen LogP contribution in [0.25, 0.3) is 11.3 Å². The van der Waals surface area contributed by atoms with Crippen molar-refractivity contribution < 1.29 is 0 Å². The normalized spacial score (nSPS) is 9.88. The van der Waals surface area contributed by atoms with E-state index in [1.807, 2.05) is 43.3 Å². The molecule has 1 aromatic carbocycles. The number of hydrogen-bond acceptors (Lipinski definition) is 2. The minimum absolute atomic E-state index is 0.142. The molecule has 0 fully saturated rings. The topological polar surface area (TPSA) is 56.6 Å². The van der Waals surface area contributed by atoms with Crippen LogP contribution in [0.5, 0.6) is 0 Å². The first-order valence-corrected chi connectivity index (χ1v) is 5.37. The Morgan fingerprint density at radius 3 is 2.47 bits per heavy atom. The number of rotatable bonds is 2. The van der Waals surface area contributed by atoms with Crippen molar-refractivity contribution in [1.82, 2.24) is 4.98 Å². The number of aromatic nitrogens is 1. The van der Waals surface area contributed by atoms with Gasteiger partial charge in [0.1, 0.15) is 0 Å². The lowest BCUT2D eigenvalue weighted by Gasteiger charge is -2.03. The zero-order chi connectivity index (χ0) is 12.3. The number of aryl methyl sites for hydroxylation is 1. The average Bonchev–Trinajstić information content (AvgIpc) is 2.33. The Bertz CT molecular complexity index is 618. The Balaban J connectivity index is 2.42. The first-order chi connectivity index (χ1) is 8.20. The van der Waals surface area contributed by atoms with E-state index in [1.165, 1.54) is 5.56 Å². The lowest BCUT2D eigenvalue weighted by Crippen LogP contribution is -2.12. The lowest BCUT2D eigenvalue weighted by molar-refractivity contribution is 1.13. The highest BCUT2D eigenvalue weighted by molar-refractivity contribution is 5.59. The largest absolute Gasteiger partial charge is 0.322 e. The number of H-pyrrole nitrogens is 1. The molecular formula is C14H12N2O. The molecule has 2 rings (SSSR count). The van der Waals surface area contributed by atoms with Crippen LogP contribution in [0, 0.1) is 18.3 Å². The molecule has 1 aromatic heterocycles. The summed E-state index contributed by atoms with van der Waals surface area (Å²) in [5.74, 6) is 0. The minimum atomic E-state index is -0.190. The van der Waals surface area contributed by atoms with Gasteiger partial charge in [-0.25, -0.2) is 0 Å². The van der Waals surface area contributed by atoms with E-state index < -0.39 is 0 Å². The fourth-order valence-electron chi connectivity index (χ4n) is 1.63. The highest BCUT2D eigenvalue weighted by Gasteiger charge is 2.02. The molecule has 0 spiro atoms. The second-order valence-corrected chi connectivity index (χ2v) is 3.93. The maximum Gasteiger partial charge on any atom is 0.252 e. The fourth-order valence-corrected chi connectivity index (χ4v) is 1.63. The predicted molar refractivity (Wildman–Crippen MR) is 66.6 cm³/mol. The molecule has 0 aliphatic heterocycles. The number of nitriles is 1. The second-order valence-electron chi connectivity index (χ2n) is 3.93. The van der Waals surface area contributed by atoms with E-state index in [0.29, 0.717) is 5.56 Å². The van der Waals surface area contributed by atoms with E-state index in [0.717, 1.165) is 11.3 Å². The van der Waals surface area contributed by atoms with Crippen molar-refractivity contribution in [1.29, 1.82) is 5.26 Å². The van der Waals surface area contributed by atoms with Gasteiger partial charge in [-0.05, 0) is 18.6 Å². The quantitative estimate of drug-likeness (QED) is 0.851. The van der Waals surface area contributed by atoms with Gasteiger partial charge >= 0.3 is 0 Å². The Labute approximate surface area is 99.4 Å². The molecule has 0 radical (unpaired) electrons. The molecule has 0 unspecified atom stereocenters. The third-order valence-electron chi connectivity index (χ3n) is 2.62. The van der Waals surface area contributed by atoms with E-state index in [1.54, 1.807) is 6.07 Å². The van der Waals surface area contributed by atoms with Crippen molar-refractivity contribution in [3.05, 3.63) is 57.9 Å². The van der Waals surface area contributed by atoms with Gasteiger partial charge in [-0.15, -0.1) is 0 Å². The van der Waals surface area contributed by atoms with Gasteiger partial charge in [0.05, 0.1) is 12.5 Å². The average molecular weight is 224 g/mol. The number of nitrogens with zero attached hydrogens (tertiary/aromatic N) is 1. The van der Waals surface area contributed by atoms with Gasteiger partial charge < -0.3 is 4.98 Å². The zero-order valence-corrected chi connectivity index (χ0v) is 9.53. The van der Waals surface area contributed by atoms with E-state index in [2.05, 4.69) is 4.98 Å². The van der Waals surface area contributed by atoms with E-state index in [9.17, 15) is 4.79 Å². The molecule has 0 saturated carbocycles. The Hall–Kier alpha value is -2.34. The standard InChI is InChI=1S/C14H12N2O/c1-10-2-4-11(5-3-10)13-7-6-12(8-9-15)14(17)16-13/h2-7H,8H2,1H3,(H,16,17). The third kappa shape index (κ3) is 2.43. The van der Waals surface area contributed by atoms with Gasteiger partial charge in [0.2, 0.25) is 0 Å². The molecule has 0 atom stereocenters. The van der Waals surface area contributed by atoms with Crippen LogP contribution in [0.2, 0.25) is 0 Å². The molecule has 84 valence electrons. The van der Waals surface area contributed by atoms with Gasteiger partial charge in [-0.1, -0.05) is 35.9 Å². The molecule has 3 nitrogen and oxygen atoms in total. The van der Waals surface area contributed by atoms with Gasteiger partial charge in [0.25, 0.3) is 5.56 Å². The van der Waals surface area contributed by atoms with Crippen molar-refractivity contribution in [3.63, 3.8) is 0 Å². The number of hydrogen-bond donors (Lipinski definition) is 1. The molecule has 0 aliphatic rings. The SMILES string of the molecule is Cc1ccc(-c2ccc(CC#N)c(=O)[nH]2)cc1. The van der Waals surface area contributed by atoms with Crippen molar-refractivity contribution in [3.8, 4) is 17.3 Å². The van der Waals surface area contributed by atoms with Crippen LogP contribution in [-0.2, 0) is 6.42 Å². The third-order valence-corrected chi connectivity index (χ3v) is 2.62. The molecule has 0 bridgehead atoms. The first-order valence-electron chi connectivity index (χ1n) is 5.37. The summed E-state index contributed by atoms with van der Waals surface area (Å²) in [6.07, 6.45) is 0.142. The summed E-state index contributed by atoms with van der Waals surface area (Å²) in [4.78, 5) is 14.5. The van der Waals surface area contributed by atoms with Gasteiger partial charge in [0.15, 0.2) is 0 Å². The smallest absolute Gasteiger partial charge is 0.252 e. The zero-order valence-electron chi connectivity index (χ0n) is 9.53. The number of nitrogens with one attached hydrogen (secondary N) is 1. The first kappa shape index (κ1) is 11.2. The highest BCUT2D eigenvalue weighted by atomic mass is 16.1. The molecule has 1 heterocycles. The second kappa shape index (κ2) is 4.67. The van der Waals surface area contributed by atoms with E-state index in [-0.39, 0.29) is 12.0 Å². The molecular weight excluding hydrogens is 212 g/mol. The maximum absolute atomic E-state index is 11.7. The van der Waals surface area contributed by atoms with Crippen LogP contribution >= 0.6 is 0 Å². The molecule has 17 heavy (non-hydrogen) atoms. The van der Waals surface area contributed by atoms with Crippen molar-refractivity contribution >= 4 is 0 Å². The summed E-state index contributed by atoms with van der Waals surface area (Å²) < 4.78 is 0. The lowest BCUT2D eigenvalue weighted by atomic mass is 10.1. The Kier molecular flexibility index (Phi) is 3.06. The molecule has 0 aliphatic carbocycles. The fraction of sp³-hybridized carbons (Fsp3) is 0.143. The predicted octanol–water partition coefficient (Wildman–Crippen LogP) is 2.42. The Morgan fingerprint density at radius 1 is 1.18 bits per heavy atom. The highest BCUT2D eigenvalue weighted by Crippen LogP contribution is 2.16. The summed E-state index contributed by atoms with van der Waals surface area (Å²) in [6, 6.07) is 13.4. The number of aromatic amines is 1. The monoisotopic (exact) mass is 224 g/mol. The maximum atomic E-state index is 11.7. The summed E-state index contributed by atoms with van der Waals surface area (Å²) in [6.45, 7) is 2.02. The van der Waals surface area contributed by atoms with Crippen LogP contribution in [0.1, 0.15) is 11.1 Å². The van der Waals surface area contributed by atoms with Crippen LogP contribution in [0.4, 0.5) is 0 Å². The molecule has 2 aromatic rings. The summed E-state index contributed by atoms with van der Waals surface area (Å²) in [7, 11) is 0. The van der Waals surface area contributed by atoms with Gasteiger partial charge in [-0.3, -0.25) is 4.79 Å². The summed E-state index contributed by atoms with van der Waals surface area (Å²) in [5.41, 5.74) is 3.23. The van der Waals surface area contributed by atoms with Crippen molar-refractivity contribution in [2.45, 2.75) is 13.3 Å². The van der Waals surface area contributed by atoms with Gasteiger partial charge in [-0.2, -0.15) is 5.26 Å². The number of benzene rings is 1. The van der Waals surface area contributed by atoms with Crippen LogP contribution in [0.3, 0.4) is 0 Å². The minimum Gasteiger partial charge on any atom is -0.322 e. The van der Waals surface area contributed by atoms with Crippen molar-refractivity contribution in [2.75, 3.05) is 0 Å². The van der Waals surface area contributed by atoms with E-state index >= 15 is 0 Å². The molecule has 0 amide bonds. The summed E-state index contributed by atoms with van der Waals surface area (Å²) >= 11 is 0. The van der Waals surface area contributed by atoms with Crippen LogP contribution in [-0.4, -0.2) is 4.98 Å². The molecule has 3 heteroatoms. The van der Waals surface area contributed by atoms with Crippen molar-refractivity contribution in [2.24, 2.45) is 0 Å². The summed E-state index contributed by atoms with van der Waals surface area (Å²) in [5, 5.41) is 8.56. The molecule has 1 N–H and O–H groups in total. The molecule has 0 saturated heterocycles. The number of pyridine rings is 1. The van der Waals surface area contributed by atoms with E-state index in [4.69, 9.17) is 5.26 Å².